The Kier molecular flexibility index (Phi) is 5.31. The van der Waals surface area contributed by atoms with Crippen molar-refractivity contribution in [1.82, 2.24) is 29.5 Å². The summed E-state index contributed by atoms with van der Waals surface area (Å²) in [6, 6.07) is 3.07. The van der Waals surface area contributed by atoms with E-state index in [1.165, 1.54) is 30.2 Å². The molecule has 0 aromatic carbocycles. The number of rotatable bonds is 4. The van der Waals surface area contributed by atoms with Crippen LogP contribution in [0, 0.1) is 12.8 Å². The van der Waals surface area contributed by atoms with Crippen molar-refractivity contribution in [1.29, 1.82) is 0 Å². The first-order valence-corrected chi connectivity index (χ1v) is 9.67. The highest BCUT2D eigenvalue weighted by Gasteiger charge is 2.34. The number of aromatic nitrogens is 5. The lowest BCUT2D eigenvalue weighted by atomic mass is 9.84. The lowest BCUT2D eigenvalue weighted by molar-refractivity contribution is 0.0661. The van der Waals surface area contributed by atoms with Gasteiger partial charge in [-0.15, -0.1) is 0 Å². The topological polar surface area (TPSA) is 85.5 Å². The third-order valence-electron chi connectivity index (χ3n) is 5.60. The molecular formula is C20H22F2N6O2. The zero-order chi connectivity index (χ0) is 21.4. The lowest BCUT2D eigenvalue weighted by Crippen LogP contribution is -2.43. The molecule has 10 heteroatoms. The van der Waals surface area contributed by atoms with Crippen LogP contribution in [0.2, 0.25) is 0 Å². The number of hydrogen-bond acceptors (Lipinski definition) is 6. The second-order valence-electron chi connectivity index (χ2n) is 7.53. The molecule has 1 aliphatic rings. The molecular weight excluding hydrogens is 394 g/mol. The van der Waals surface area contributed by atoms with Crippen molar-refractivity contribution in [3.05, 3.63) is 47.3 Å². The Morgan fingerprint density at radius 2 is 2.10 bits per heavy atom. The van der Waals surface area contributed by atoms with E-state index in [-0.39, 0.29) is 29.2 Å². The zero-order valence-electron chi connectivity index (χ0n) is 16.9. The average molecular weight is 416 g/mol. The predicted molar refractivity (Wildman–Crippen MR) is 104 cm³/mol. The van der Waals surface area contributed by atoms with E-state index in [1.807, 2.05) is 6.92 Å². The summed E-state index contributed by atoms with van der Waals surface area (Å²) in [5, 5.41) is 4.16. The number of ether oxygens (including phenoxy) is 1. The molecule has 158 valence electrons. The molecule has 3 aromatic rings. The minimum atomic E-state index is -2.72. The molecule has 2 atom stereocenters. The first-order valence-electron chi connectivity index (χ1n) is 9.67. The van der Waals surface area contributed by atoms with Crippen LogP contribution in [0.3, 0.4) is 0 Å². The van der Waals surface area contributed by atoms with Gasteiger partial charge in [0.2, 0.25) is 0 Å². The van der Waals surface area contributed by atoms with Crippen molar-refractivity contribution in [2.75, 3.05) is 20.2 Å². The normalized spacial score (nSPS) is 19.5. The second kappa shape index (κ2) is 7.92. The van der Waals surface area contributed by atoms with Gasteiger partial charge in [0, 0.05) is 24.7 Å². The Balaban J connectivity index is 1.70. The molecule has 1 amide bonds. The highest BCUT2D eigenvalue weighted by atomic mass is 19.3. The molecule has 1 saturated heterocycles. The van der Waals surface area contributed by atoms with Crippen LogP contribution in [-0.2, 0) is 0 Å². The first kappa shape index (κ1) is 20.1. The fourth-order valence-corrected chi connectivity index (χ4v) is 3.92. The molecule has 30 heavy (non-hydrogen) atoms. The van der Waals surface area contributed by atoms with Crippen molar-refractivity contribution in [2.45, 2.75) is 32.6 Å². The molecule has 1 aliphatic heterocycles. The van der Waals surface area contributed by atoms with E-state index >= 15 is 0 Å². The molecule has 1 fully saturated rings. The molecule has 0 spiro atoms. The summed E-state index contributed by atoms with van der Waals surface area (Å²) in [7, 11) is 1.49. The highest BCUT2D eigenvalue weighted by molar-refractivity contribution is 5.97. The van der Waals surface area contributed by atoms with Crippen molar-refractivity contribution in [3.8, 4) is 5.75 Å². The molecule has 0 saturated carbocycles. The molecule has 4 heterocycles. The predicted octanol–water partition coefficient (Wildman–Crippen LogP) is 3.04. The number of pyridine rings is 1. The molecule has 8 nitrogen and oxygen atoms in total. The number of methoxy groups -OCH3 is 1. The Labute approximate surface area is 171 Å². The van der Waals surface area contributed by atoms with Gasteiger partial charge in [-0.2, -0.15) is 10.1 Å². The van der Waals surface area contributed by atoms with Crippen molar-refractivity contribution < 1.29 is 18.3 Å². The molecule has 0 radical (unpaired) electrons. The number of amides is 1. The number of aryl methyl sites for hydroxylation is 1. The van der Waals surface area contributed by atoms with E-state index in [1.54, 1.807) is 11.0 Å². The number of nitrogens with zero attached hydrogens (tertiary/aromatic N) is 6. The zero-order valence-corrected chi connectivity index (χ0v) is 16.9. The van der Waals surface area contributed by atoms with Crippen LogP contribution in [0.25, 0.3) is 5.78 Å². The molecule has 0 aliphatic carbocycles. The van der Waals surface area contributed by atoms with E-state index in [9.17, 15) is 13.6 Å². The number of hydrogen-bond donors (Lipinski definition) is 0. The largest absolute Gasteiger partial charge is 0.494 e. The smallest absolute Gasteiger partial charge is 0.280 e. The van der Waals surface area contributed by atoms with Crippen molar-refractivity contribution in [2.24, 2.45) is 5.92 Å². The maximum Gasteiger partial charge on any atom is 0.280 e. The summed E-state index contributed by atoms with van der Waals surface area (Å²) in [6.07, 6.45) is 0.836. The van der Waals surface area contributed by atoms with Crippen LogP contribution in [0.1, 0.15) is 53.1 Å². The van der Waals surface area contributed by atoms with E-state index in [0.29, 0.717) is 35.8 Å². The van der Waals surface area contributed by atoms with Crippen LogP contribution < -0.4 is 4.74 Å². The minimum Gasteiger partial charge on any atom is -0.494 e. The van der Waals surface area contributed by atoms with Crippen molar-refractivity contribution in [3.63, 3.8) is 0 Å². The Hall–Kier alpha value is -3.17. The van der Waals surface area contributed by atoms with E-state index in [0.717, 1.165) is 6.42 Å². The number of piperidine rings is 1. The summed E-state index contributed by atoms with van der Waals surface area (Å²) < 4.78 is 33.6. The highest BCUT2D eigenvalue weighted by Crippen LogP contribution is 2.34. The quantitative estimate of drug-likeness (QED) is 0.650. The number of carbonyl (C=O) groups excluding carboxylic acids is 1. The van der Waals surface area contributed by atoms with Crippen LogP contribution in [0.15, 0.2) is 24.7 Å². The van der Waals surface area contributed by atoms with Crippen LogP contribution in [0.4, 0.5) is 8.78 Å². The number of fused-ring (bicyclic) bond motifs is 1. The number of likely N-dealkylation sites (tertiary alicyclic amines) is 1. The maximum absolute atomic E-state index is 13.4. The third-order valence-corrected chi connectivity index (χ3v) is 5.60. The molecule has 0 bridgehead atoms. The van der Waals surface area contributed by atoms with Gasteiger partial charge in [0.15, 0.2) is 0 Å². The minimum absolute atomic E-state index is 0.130. The monoisotopic (exact) mass is 416 g/mol. The van der Waals surface area contributed by atoms with E-state index in [2.05, 4.69) is 27.0 Å². The fraction of sp³-hybridized carbons (Fsp3) is 0.450. The summed E-state index contributed by atoms with van der Waals surface area (Å²) in [6.45, 7) is 4.79. The van der Waals surface area contributed by atoms with Gasteiger partial charge in [0.05, 0.1) is 24.6 Å². The van der Waals surface area contributed by atoms with Gasteiger partial charge in [0.25, 0.3) is 18.1 Å². The summed E-state index contributed by atoms with van der Waals surface area (Å²) >= 11 is 0. The maximum atomic E-state index is 13.4. The van der Waals surface area contributed by atoms with Gasteiger partial charge in [-0.05, 0) is 31.4 Å². The van der Waals surface area contributed by atoms with Crippen LogP contribution in [0.5, 0.6) is 5.75 Å². The number of carbonyl (C=O) groups is 1. The summed E-state index contributed by atoms with van der Waals surface area (Å²) in [5.74, 6) is 0.331. The number of halogens is 2. The van der Waals surface area contributed by atoms with Gasteiger partial charge in [0.1, 0.15) is 17.8 Å². The third kappa shape index (κ3) is 3.57. The number of alkyl halides is 2. The van der Waals surface area contributed by atoms with Crippen molar-refractivity contribution >= 4 is 11.7 Å². The Morgan fingerprint density at radius 3 is 2.83 bits per heavy atom. The van der Waals surface area contributed by atoms with Crippen LogP contribution in [-0.4, -0.2) is 55.6 Å². The summed E-state index contributed by atoms with van der Waals surface area (Å²) in [5.41, 5.74) is 1.39. The van der Waals surface area contributed by atoms with Gasteiger partial charge >= 0.3 is 0 Å². The van der Waals surface area contributed by atoms with Gasteiger partial charge in [-0.1, -0.05) is 6.92 Å². The average Bonchev–Trinajstić information content (AvgIpc) is 3.21. The summed E-state index contributed by atoms with van der Waals surface area (Å²) in [4.78, 5) is 27.0. The van der Waals surface area contributed by atoms with Gasteiger partial charge in [-0.25, -0.2) is 18.3 Å². The Morgan fingerprint density at radius 1 is 1.30 bits per heavy atom. The molecule has 4 rings (SSSR count). The van der Waals surface area contributed by atoms with Gasteiger partial charge in [-0.3, -0.25) is 9.78 Å². The molecule has 3 aromatic heterocycles. The van der Waals surface area contributed by atoms with Crippen LogP contribution >= 0.6 is 0 Å². The Bertz CT molecular complexity index is 1090. The van der Waals surface area contributed by atoms with E-state index < -0.39 is 6.43 Å². The molecule has 0 N–H and O–H groups in total. The van der Waals surface area contributed by atoms with Gasteiger partial charge < -0.3 is 9.64 Å². The lowest BCUT2D eigenvalue weighted by Gasteiger charge is -2.37. The fourth-order valence-electron chi connectivity index (χ4n) is 3.92. The molecule has 0 unspecified atom stereocenters. The SMILES string of the molecule is COc1cnc(C)cc1C(=O)N1CC[C@@H](C)[C@H](c2cc(C(F)F)nc3ncnn23)C1. The second-order valence-corrected chi connectivity index (χ2v) is 7.53. The standard InChI is InChI=1S/C20H22F2N6O2/c1-11-4-5-27(19(29)13-6-12(2)23-8-17(13)30-3)9-14(11)16-7-15(18(21)22)26-20-24-10-25-28(16)20/h6-8,10-11,14,18H,4-5,9H2,1-3H3/t11-,14-/m1/s1. The van der Waals surface area contributed by atoms with E-state index in [4.69, 9.17) is 4.74 Å². The first-order chi connectivity index (χ1) is 14.4.